The molecule has 0 aromatic heterocycles. The quantitative estimate of drug-likeness (QED) is 0.804. The van der Waals surface area contributed by atoms with Crippen LogP contribution in [0.5, 0.6) is 0 Å². The van der Waals surface area contributed by atoms with Crippen molar-refractivity contribution in [2.24, 2.45) is 11.7 Å². The van der Waals surface area contributed by atoms with Gasteiger partial charge in [-0.15, -0.1) is 0 Å². The molecule has 17 heavy (non-hydrogen) atoms. The lowest BCUT2D eigenvalue weighted by Crippen LogP contribution is -2.25. The Kier molecular flexibility index (Phi) is 4.44. The SMILES string of the molecule is NC(CCC1CCCO1)CC1CCS(=O)(=O)C1. The molecule has 2 saturated heterocycles. The minimum atomic E-state index is -2.75. The Labute approximate surface area is 104 Å². The van der Waals surface area contributed by atoms with Crippen LogP contribution in [0.25, 0.3) is 0 Å². The Bertz CT molecular complexity index is 336. The van der Waals surface area contributed by atoms with E-state index in [4.69, 9.17) is 10.5 Å². The first-order valence-electron chi connectivity index (χ1n) is 6.63. The highest BCUT2D eigenvalue weighted by Crippen LogP contribution is 2.24. The average Bonchev–Trinajstić information content (AvgIpc) is 2.85. The molecule has 2 rings (SSSR count). The van der Waals surface area contributed by atoms with Crippen LogP contribution in [0.4, 0.5) is 0 Å². The standard InChI is InChI=1S/C12H23NO3S/c13-11(3-4-12-2-1-6-16-12)8-10-5-7-17(14,15)9-10/h10-12H,1-9,13H2. The molecule has 3 unspecified atom stereocenters. The third-order valence-corrected chi connectivity index (χ3v) is 5.68. The van der Waals surface area contributed by atoms with E-state index in [1.165, 1.54) is 6.42 Å². The summed E-state index contributed by atoms with van der Waals surface area (Å²) in [7, 11) is -2.75. The van der Waals surface area contributed by atoms with E-state index in [2.05, 4.69) is 0 Å². The van der Waals surface area contributed by atoms with E-state index in [-0.39, 0.29) is 6.04 Å². The van der Waals surface area contributed by atoms with Gasteiger partial charge in [-0.3, -0.25) is 0 Å². The first-order valence-corrected chi connectivity index (χ1v) is 8.45. The summed E-state index contributed by atoms with van der Waals surface area (Å²) >= 11 is 0. The molecule has 3 atom stereocenters. The Hall–Kier alpha value is -0.130. The minimum Gasteiger partial charge on any atom is -0.378 e. The third kappa shape index (κ3) is 4.23. The molecule has 2 fully saturated rings. The van der Waals surface area contributed by atoms with Crippen molar-refractivity contribution in [2.45, 2.75) is 50.7 Å². The van der Waals surface area contributed by atoms with Gasteiger partial charge in [-0.25, -0.2) is 8.42 Å². The molecule has 0 spiro atoms. The second kappa shape index (κ2) is 5.67. The van der Waals surface area contributed by atoms with Gasteiger partial charge in [-0.05, 0) is 44.4 Å². The maximum atomic E-state index is 11.3. The van der Waals surface area contributed by atoms with Crippen LogP contribution >= 0.6 is 0 Å². The summed E-state index contributed by atoms with van der Waals surface area (Å²) < 4.78 is 28.2. The summed E-state index contributed by atoms with van der Waals surface area (Å²) in [6.45, 7) is 0.890. The van der Waals surface area contributed by atoms with Crippen molar-refractivity contribution in [1.29, 1.82) is 0 Å². The number of hydrogen-bond donors (Lipinski definition) is 1. The van der Waals surface area contributed by atoms with E-state index in [1.807, 2.05) is 0 Å². The van der Waals surface area contributed by atoms with Crippen LogP contribution in [0.3, 0.4) is 0 Å². The summed E-state index contributed by atoms with van der Waals surface area (Å²) in [5.74, 6) is 0.996. The van der Waals surface area contributed by atoms with Crippen LogP contribution in [-0.4, -0.2) is 38.7 Å². The van der Waals surface area contributed by atoms with Gasteiger partial charge in [0.05, 0.1) is 17.6 Å². The van der Waals surface area contributed by atoms with Crippen molar-refractivity contribution in [3.05, 3.63) is 0 Å². The average molecular weight is 261 g/mol. The lowest BCUT2D eigenvalue weighted by atomic mass is 9.95. The number of hydrogen-bond acceptors (Lipinski definition) is 4. The predicted molar refractivity (Wildman–Crippen MR) is 67.6 cm³/mol. The van der Waals surface area contributed by atoms with Crippen LogP contribution in [0, 0.1) is 5.92 Å². The molecule has 2 aliphatic rings. The van der Waals surface area contributed by atoms with Crippen molar-refractivity contribution in [3.63, 3.8) is 0 Å². The zero-order valence-corrected chi connectivity index (χ0v) is 11.1. The summed E-state index contributed by atoms with van der Waals surface area (Å²) in [5, 5.41) is 0. The monoisotopic (exact) mass is 261 g/mol. The molecule has 4 nitrogen and oxygen atoms in total. The van der Waals surface area contributed by atoms with E-state index in [9.17, 15) is 8.42 Å². The van der Waals surface area contributed by atoms with Gasteiger partial charge in [0, 0.05) is 12.6 Å². The van der Waals surface area contributed by atoms with Gasteiger partial charge in [-0.1, -0.05) is 0 Å². The third-order valence-electron chi connectivity index (χ3n) is 3.85. The maximum absolute atomic E-state index is 11.3. The Morgan fingerprint density at radius 3 is 2.76 bits per heavy atom. The maximum Gasteiger partial charge on any atom is 0.150 e. The summed E-state index contributed by atoms with van der Waals surface area (Å²) in [6, 6.07) is 0.137. The number of rotatable bonds is 5. The first kappa shape index (κ1) is 13.3. The van der Waals surface area contributed by atoms with Gasteiger partial charge in [0.15, 0.2) is 9.84 Å². The fourth-order valence-electron chi connectivity index (χ4n) is 2.88. The topological polar surface area (TPSA) is 69.4 Å². The lowest BCUT2D eigenvalue weighted by Gasteiger charge is -2.17. The molecule has 0 aliphatic carbocycles. The van der Waals surface area contributed by atoms with Gasteiger partial charge in [0.2, 0.25) is 0 Å². The predicted octanol–water partition coefficient (Wildman–Crippen LogP) is 1.10. The molecule has 100 valence electrons. The molecule has 2 aliphatic heterocycles. The normalized spacial score (nSPS) is 33.9. The van der Waals surface area contributed by atoms with Crippen molar-refractivity contribution in [2.75, 3.05) is 18.1 Å². The Morgan fingerprint density at radius 1 is 1.35 bits per heavy atom. The van der Waals surface area contributed by atoms with Crippen LogP contribution in [0.15, 0.2) is 0 Å². The van der Waals surface area contributed by atoms with E-state index in [1.54, 1.807) is 0 Å². The van der Waals surface area contributed by atoms with Crippen molar-refractivity contribution in [1.82, 2.24) is 0 Å². The van der Waals surface area contributed by atoms with Crippen LogP contribution in [0.2, 0.25) is 0 Å². The molecule has 0 aromatic rings. The van der Waals surface area contributed by atoms with Crippen LogP contribution in [0.1, 0.15) is 38.5 Å². The molecule has 0 amide bonds. The van der Waals surface area contributed by atoms with Gasteiger partial charge in [0.25, 0.3) is 0 Å². The molecular formula is C12H23NO3S. The van der Waals surface area contributed by atoms with Crippen molar-refractivity contribution >= 4 is 9.84 Å². The number of ether oxygens (including phenoxy) is 1. The molecule has 2 N–H and O–H groups in total. The van der Waals surface area contributed by atoms with Gasteiger partial charge < -0.3 is 10.5 Å². The van der Waals surface area contributed by atoms with Crippen LogP contribution < -0.4 is 5.73 Å². The molecule has 2 heterocycles. The zero-order chi connectivity index (χ0) is 12.3. The van der Waals surface area contributed by atoms with Gasteiger partial charge >= 0.3 is 0 Å². The molecule has 0 saturated carbocycles. The second-order valence-corrected chi connectivity index (χ2v) is 7.71. The summed E-state index contributed by atoms with van der Waals surface area (Å²) in [4.78, 5) is 0. The van der Waals surface area contributed by atoms with E-state index in [0.717, 1.165) is 38.7 Å². The Morgan fingerprint density at radius 2 is 2.18 bits per heavy atom. The number of sulfone groups is 1. The number of nitrogens with two attached hydrogens (primary N) is 1. The largest absolute Gasteiger partial charge is 0.378 e. The fourth-order valence-corrected chi connectivity index (χ4v) is 4.76. The summed E-state index contributed by atoms with van der Waals surface area (Å²) in [6.07, 6.45) is 6.36. The zero-order valence-electron chi connectivity index (χ0n) is 10.3. The summed E-state index contributed by atoms with van der Waals surface area (Å²) in [5.41, 5.74) is 6.07. The molecule has 5 heteroatoms. The van der Waals surface area contributed by atoms with Crippen molar-refractivity contribution < 1.29 is 13.2 Å². The molecule has 0 radical (unpaired) electrons. The highest BCUT2D eigenvalue weighted by molar-refractivity contribution is 7.91. The first-order chi connectivity index (χ1) is 8.05. The highest BCUT2D eigenvalue weighted by Gasteiger charge is 2.29. The molecule has 0 aromatic carbocycles. The van der Waals surface area contributed by atoms with Crippen LogP contribution in [-0.2, 0) is 14.6 Å². The highest BCUT2D eigenvalue weighted by atomic mass is 32.2. The van der Waals surface area contributed by atoms with Crippen molar-refractivity contribution in [3.8, 4) is 0 Å². The smallest absolute Gasteiger partial charge is 0.150 e. The minimum absolute atomic E-state index is 0.137. The lowest BCUT2D eigenvalue weighted by molar-refractivity contribution is 0.100. The van der Waals surface area contributed by atoms with E-state index >= 15 is 0 Å². The van der Waals surface area contributed by atoms with Gasteiger partial charge in [-0.2, -0.15) is 0 Å². The fraction of sp³-hybridized carbons (Fsp3) is 1.00. The van der Waals surface area contributed by atoms with E-state index in [0.29, 0.717) is 23.5 Å². The second-order valence-electron chi connectivity index (χ2n) is 5.48. The molecule has 0 bridgehead atoms. The molecular weight excluding hydrogens is 238 g/mol. The Balaban J connectivity index is 1.65. The van der Waals surface area contributed by atoms with Gasteiger partial charge in [0.1, 0.15) is 0 Å². The van der Waals surface area contributed by atoms with E-state index < -0.39 is 9.84 Å².